The molecule has 0 saturated carbocycles. The van der Waals surface area contributed by atoms with Crippen molar-refractivity contribution in [3.8, 4) is 56.4 Å². The summed E-state index contributed by atoms with van der Waals surface area (Å²) in [7, 11) is 0. The van der Waals surface area contributed by atoms with Crippen molar-refractivity contribution in [1.82, 2.24) is 15.0 Å². The van der Waals surface area contributed by atoms with Gasteiger partial charge in [0.2, 0.25) is 0 Å². The van der Waals surface area contributed by atoms with E-state index in [0.717, 1.165) is 49.8 Å². The second kappa shape index (κ2) is 14.0. The maximum atomic E-state index is 6.27. The average Bonchev–Trinajstić information content (AvgIpc) is 4.02. The first-order chi connectivity index (χ1) is 31.2. The Bertz CT molecular complexity index is 3710. The Morgan fingerprint density at radius 2 is 0.889 bits per heavy atom. The van der Waals surface area contributed by atoms with Crippen LogP contribution in [0.3, 0.4) is 0 Å². The number of para-hydroxylation sites is 1. The van der Waals surface area contributed by atoms with Crippen LogP contribution < -0.4 is 0 Å². The van der Waals surface area contributed by atoms with Gasteiger partial charge in [0.25, 0.3) is 0 Å². The Labute approximate surface area is 367 Å². The zero-order valence-electron chi connectivity index (χ0n) is 33.9. The maximum absolute atomic E-state index is 6.27. The van der Waals surface area contributed by atoms with Crippen LogP contribution in [0.15, 0.2) is 217 Å². The van der Waals surface area contributed by atoms with Crippen LogP contribution in [0.2, 0.25) is 0 Å². The van der Waals surface area contributed by atoms with Gasteiger partial charge in [0.15, 0.2) is 17.5 Å². The number of aromatic nitrogens is 3. The molecule has 12 aromatic rings. The normalized spacial score (nSPS) is 12.9. The summed E-state index contributed by atoms with van der Waals surface area (Å²) in [5.41, 5.74) is 13.7. The molecule has 0 bridgehead atoms. The van der Waals surface area contributed by atoms with Gasteiger partial charge in [-0.1, -0.05) is 170 Å². The van der Waals surface area contributed by atoms with Crippen LogP contribution in [0, 0.1) is 0 Å². The van der Waals surface area contributed by atoms with E-state index in [9.17, 15) is 0 Å². The summed E-state index contributed by atoms with van der Waals surface area (Å²) in [4.78, 5) is 15.2. The quantitative estimate of drug-likeness (QED) is 0.168. The third-order valence-electron chi connectivity index (χ3n) is 12.8. The van der Waals surface area contributed by atoms with Crippen LogP contribution in [0.4, 0.5) is 0 Å². The third kappa shape index (κ3) is 5.57. The van der Waals surface area contributed by atoms with Crippen molar-refractivity contribution >= 4 is 53.4 Å². The third-order valence-corrected chi connectivity index (χ3v) is 14.0. The first kappa shape index (κ1) is 35.7. The van der Waals surface area contributed by atoms with Gasteiger partial charge in [0, 0.05) is 47.6 Å². The summed E-state index contributed by atoms with van der Waals surface area (Å²) in [6, 6.07) is 76.0. The molecule has 63 heavy (non-hydrogen) atoms. The molecular formula is C58H35N3OS. The van der Waals surface area contributed by atoms with Crippen LogP contribution in [0.5, 0.6) is 0 Å². The highest BCUT2D eigenvalue weighted by molar-refractivity contribution is 7.25. The minimum absolute atomic E-state index is 0.509. The van der Waals surface area contributed by atoms with Gasteiger partial charge in [-0.15, -0.1) is 11.3 Å². The number of fused-ring (bicyclic) bond motifs is 9. The average molecular weight is 822 g/mol. The molecule has 13 rings (SSSR count). The highest BCUT2D eigenvalue weighted by Gasteiger charge is 2.46. The Balaban J connectivity index is 0.934. The smallest absolute Gasteiger partial charge is 0.164 e. The first-order valence-corrected chi connectivity index (χ1v) is 22.1. The van der Waals surface area contributed by atoms with E-state index in [1.54, 1.807) is 0 Å². The molecule has 0 radical (unpaired) electrons. The van der Waals surface area contributed by atoms with Gasteiger partial charge >= 0.3 is 0 Å². The zero-order chi connectivity index (χ0) is 41.5. The first-order valence-electron chi connectivity index (χ1n) is 21.2. The lowest BCUT2D eigenvalue weighted by atomic mass is 9.67. The molecule has 0 spiro atoms. The predicted molar refractivity (Wildman–Crippen MR) is 259 cm³/mol. The van der Waals surface area contributed by atoms with Crippen LogP contribution >= 0.6 is 11.3 Å². The summed E-state index contributed by atoms with van der Waals surface area (Å²) < 4.78 is 8.89. The molecule has 3 aromatic heterocycles. The van der Waals surface area contributed by atoms with Crippen LogP contribution in [0.1, 0.15) is 22.3 Å². The van der Waals surface area contributed by atoms with Crippen molar-refractivity contribution in [3.05, 3.63) is 235 Å². The van der Waals surface area contributed by atoms with Gasteiger partial charge in [-0.25, -0.2) is 15.0 Å². The minimum Gasteiger partial charge on any atom is -0.456 e. The van der Waals surface area contributed by atoms with Gasteiger partial charge in [0.1, 0.15) is 11.2 Å². The SMILES string of the molecule is c1ccc(-c2nc(-c3cccc(-c4ccc(C5(c6ccc7sc8ccccc8c7c6)c6ccccc6-c6ccccc65)cc4)c3)nc(-c3ccc4c(c3)oc3ccccc34)n2)cc1. The van der Waals surface area contributed by atoms with Crippen LogP contribution in [0.25, 0.3) is 98.5 Å². The van der Waals surface area contributed by atoms with E-state index in [0.29, 0.717) is 17.5 Å². The lowest BCUT2D eigenvalue weighted by molar-refractivity contribution is 0.669. The summed E-state index contributed by atoms with van der Waals surface area (Å²) >= 11 is 1.86. The fourth-order valence-corrected chi connectivity index (χ4v) is 11.0. The molecule has 4 nitrogen and oxygen atoms in total. The van der Waals surface area contributed by atoms with Gasteiger partial charge in [-0.3, -0.25) is 0 Å². The Morgan fingerprint density at radius 3 is 1.67 bits per heavy atom. The molecule has 0 aliphatic heterocycles. The number of thiophene rings is 1. The van der Waals surface area contributed by atoms with E-state index in [4.69, 9.17) is 19.4 Å². The summed E-state index contributed by atoms with van der Waals surface area (Å²) in [5, 5.41) is 4.76. The van der Waals surface area contributed by atoms with Crippen molar-refractivity contribution in [3.63, 3.8) is 0 Å². The highest BCUT2D eigenvalue weighted by atomic mass is 32.1. The molecule has 294 valence electrons. The van der Waals surface area contributed by atoms with Crippen molar-refractivity contribution in [1.29, 1.82) is 0 Å². The lowest BCUT2D eigenvalue weighted by Crippen LogP contribution is -2.28. The van der Waals surface area contributed by atoms with E-state index in [1.165, 1.54) is 53.6 Å². The number of hydrogen-bond acceptors (Lipinski definition) is 5. The molecule has 0 N–H and O–H groups in total. The number of benzene rings is 9. The molecule has 0 saturated heterocycles. The topological polar surface area (TPSA) is 51.8 Å². The molecule has 1 aliphatic carbocycles. The van der Waals surface area contributed by atoms with Gasteiger partial charge in [-0.05, 0) is 87.0 Å². The van der Waals surface area contributed by atoms with E-state index >= 15 is 0 Å². The molecule has 0 atom stereocenters. The Morgan fingerprint density at radius 1 is 0.333 bits per heavy atom. The number of hydrogen-bond donors (Lipinski definition) is 0. The minimum atomic E-state index is -0.509. The van der Waals surface area contributed by atoms with Crippen LogP contribution in [-0.2, 0) is 5.41 Å². The van der Waals surface area contributed by atoms with Crippen LogP contribution in [-0.4, -0.2) is 15.0 Å². The van der Waals surface area contributed by atoms with Crippen molar-refractivity contribution < 1.29 is 4.42 Å². The molecular weight excluding hydrogens is 787 g/mol. The standard InChI is InChI=1S/C58H35N3OS/c1-2-13-37(14-3-1)55-59-56(61-57(60-55)40-27-31-46-45-19-6-10-23-51(45)62-52(46)34-40)39-16-12-15-38(33-39)36-25-28-41(29-26-36)58(49-21-8-4-17-43(49)44-18-5-9-22-50(44)58)42-30-32-54-48(35-42)47-20-7-11-24-53(47)63-54/h1-35H. The fourth-order valence-electron chi connectivity index (χ4n) is 9.95. The Hall–Kier alpha value is -7.99. The fraction of sp³-hybridized carbons (Fsp3) is 0.0172. The van der Waals surface area contributed by atoms with Crippen molar-refractivity contribution in [2.75, 3.05) is 0 Å². The lowest BCUT2D eigenvalue weighted by Gasteiger charge is -2.34. The van der Waals surface area contributed by atoms with Gasteiger partial charge in [0.05, 0.1) is 5.41 Å². The Kier molecular flexibility index (Phi) is 7.96. The molecule has 3 heterocycles. The second-order valence-electron chi connectivity index (χ2n) is 16.3. The van der Waals surface area contributed by atoms with Gasteiger partial charge < -0.3 is 4.42 Å². The van der Waals surface area contributed by atoms with Crippen molar-refractivity contribution in [2.45, 2.75) is 5.41 Å². The molecule has 9 aromatic carbocycles. The largest absolute Gasteiger partial charge is 0.456 e. The number of nitrogens with zero attached hydrogens (tertiary/aromatic N) is 3. The predicted octanol–water partition coefficient (Wildman–Crippen LogP) is 15.2. The number of furan rings is 1. The maximum Gasteiger partial charge on any atom is 0.164 e. The zero-order valence-corrected chi connectivity index (χ0v) is 34.7. The molecule has 0 fully saturated rings. The monoisotopic (exact) mass is 821 g/mol. The summed E-state index contributed by atoms with van der Waals surface area (Å²) in [6.45, 7) is 0. The molecule has 0 unspecified atom stereocenters. The van der Waals surface area contributed by atoms with E-state index < -0.39 is 5.41 Å². The molecule has 1 aliphatic rings. The van der Waals surface area contributed by atoms with Gasteiger partial charge in [-0.2, -0.15) is 0 Å². The molecule has 0 amide bonds. The van der Waals surface area contributed by atoms with E-state index in [-0.39, 0.29) is 0 Å². The number of rotatable bonds is 6. The second-order valence-corrected chi connectivity index (χ2v) is 17.4. The van der Waals surface area contributed by atoms with E-state index in [2.05, 4.69) is 158 Å². The molecule has 5 heteroatoms. The summed E-state index contributed by atoms with van der Waals surface area (Å²) in [6.07, 6.45) is 0. The summed E-state index contributed by atoms with van der Waals surface area (Å²) in [5.74, 6) is 1.81. The van der Waals surface area contributed by atoms with E-state index in [1.807, 2.05) is 65.9 Å². The highest BCUT2D eigenvalue weighted by Crippen LogP contribution is 2.57. The van der Waals surface area contributed by atoms with Crippen molar-refractivity contribution in [2.24, 2.45) is 0 Å².